The highest BCUT2D eigenvalue weighted by molar-refractivity contribution is 7.88. The minimum Gasteiger partial charge on any atom is -0.398 e. The Hall–Kier alpha value is -1.06. The number of nitrogen functional groups attached to an aromatic ring is 1. The first kappa shape index (κ1) is 24.2. The minimum absolute atomic E-state index is 0. The molecule has 164 valence electrons. The van der Waals surface area contributed by atoms with E-state index in [4.69, 9.17) is 17.3 Å². The number of carbonyl (C=O) groups excluding carboxylic acids is 1. The molecular formula is C19H30Cl2N4O3S. The van der Waals surface area contributed by atoms with E-state index in [1.54, 1.807) is 18.2 Å². The fourth-order valence-electron chi connectivity index (χ4n) is 4.42. The molecular weight excluding hydrogens is 435 g/mol. The third kappa shape index (κ3) is 5.55. The molecule has 0 atom stereocenters. The summed E-state index contributed by atoms with van der Waals surface area (Å²) in [7, 11) is -3.16. The summed E-state index contributed by atoms with van der Waals surface area (Å²) in [5.41, 5.74) is 6.48. The molecule has 29 heavy (non-hydrogen) atoms. The molecule has 3 rings (SSSR count). The number of nitrogens with zero attached hydrogens (tertiary/aromatic N) is 2. The molecule has 3 N–H and O–H groups in total. The van der Waals surface area contributed by atoms with Crippen LogP contribution in [0.15, 0.2) is 18.2 Å². The van der Waals surface area contributed by atoms with Gasteiger partial charge < -0.3 is 11.1 Å². The molecule has 1 saturated heterocycles. The van der Waals surface area contributed by atoms with E-state index >= 15 is 0 Å². The number of amides is 1. The molecule has 0 bridgehead atoms. The van der Waals surface area contributed by atoms with Crippen molar-refractivity contribution in [2.24, 2.45) is 0 Å². The number of rotatable bonds is 5. The summed E-state index contributed by atoms with van der Waals surface area (Å²) in [6.07, 6.45) is 6.64. The number of benzene rings is 1. The molecule has 1 saturated carbocycles. The molecule has 0 aromatic heterocycles. The van der Waals surface area contributed by atoms with Crippen molar-refractivity contribution in [1.82, 2.24) is 14.5 Å². The highest BCUT2D eigenvalue weighted by Gasteiger charge is 2.40. The second-order valence-corrected chi connectivity index (χ2v) is 10.2. The number of nitrogens with one attached hydrogen (secondary N) is 1. The van der Waals surface area contributed by atoms with Crippen LogP contribution in [0.5, 0.6) is 0 Å². The van der Waals surface area contributed by atoms with Crippen molar-refractivity contribution in [3.63, 3.8) is 0 Å². The van der Waals surface area contributed by atoms with Crippen molar-refractivity contribution in [1.29, 1.82) is 0 Å². The normalized spacial score (nSPS) is 20.6. The maximum absolute atomic E-state index is 12.8. The van der Waals surface area contributed by atoms with Gasteiger partial charge in [0.2, 0.25) is 10.0 Å². The average molecular weight is 465 g/mol. The fraction of sp³-hybridized carbons (Fsp3) is 0.632. The lowest BCUT2D eigenvalue weighted by molar-refractivity contribution is 0.0241. The molecule has 1 amide bonds. The van der Waals surface area contributed by atoms with E-state index in [-0.39, 0.29) is 23.9 Å². The van der Waals surface area contributed by atoms with Crippen LogP contribution in [-0.4, -0.2) is 68.0 Å². The fourth-order valence-corrected chi connectivity index (χ4v) is 5.52. The Balaban J connectivity index is 0.00000300. The first-order valence-corrected chi connectivity index (χ1v) is 12.0. The zero-order chi connectivity index (χ0) is 20.4. The van der Waals surface area contributed by atoms with Crippen LogP contribution in [0.4, 0.5) is 5.69 Å². The number of hydrogen-bond acceptors (Lipinski definition) is 5. The number of anilines is 1. The SMILES string of the molecule is CS(=O)(=O)N1CCN(C2(CNC(=O)c3c(N)cccc3Cl)CCCCC2)CC1.Cl. The Kier molecular flexibility index (Phi) is 8.21. The Morgan fingerprint density at radius 3 is 2.34 bits per heavy atom. The zero-order valence-corrected chi connectivity index (χ0v) is 19.1. The predicted octanol–water partition coefficient (Wildman–Crippen LogP) is 2.35. The van der Waals surface area contributed by atoms with E-state index in [1.165, 1.54) is 17.0 Å². The number of piperazine rings is 1. The maximum atomic E-state index is 12.8. The highest BCUT2D eigenvalue weighted by atomic mass is 35.5. The molecule has 0 spiro atoms. The lowest BCUT2D eigenvalue weighted by Crippen LogP contribution is -2.62. The van der Waals surface area contributed by atoms with Gasteiger partial charge >= 0.3 is 0 Å². The van der Waals surface area contributed by atoms with Crippen LogP contribution in [-0.2, 0) is 10.0 Å². The van der Waals surface area contributed by atoms with Crippen LogP contribution in [0.3, 0.4) is 0 Å². The molecule has 1 heterocycles. The second-order valence-electron chi connectivity index (χ2n) is 7.82. The van der Waals surface area contributed by atoms with Gasteiger partial charge in [-0.1, -0.05) is 36.9 Å². The first-order chi connectivity index (χ1) is 13.2. The van der Waals surface area contributed by atoms with Crippen molar-refractivity contribution in [3.8, 4) is 0 Å². The van der Waals surface area contributed by atoms with Crippen molar-refractivity contribution in [2.75, 3.05) is 44.7 Å². The Morgan fingerprint density at radius 1 is 1.17 bits per heavy atom. The van der Waals surface area contributed by atoms with Gasteiger partial charge in [-0.2, -0.15) is 4.31 Å². The number of sulfonamides is 1. The molecule has 2 aliphatic rings. The summed E-state index contributed by atoms with van der Waals surface area (Å²) in [6, 6.07) is 5.05. The van der Waals surface area contributed by atoms with Crippen molar-refractivity contribution >= 4 is 45.6 Å². The lowest BCUT2D eigenvalue weighted by atomic mass is 9.79. The Labute approximate surface area is 184 Å². The molecule has 1 aromatic carbocycles. The van der Waals surface area contributed by atoms with Crippen molar-refractivity contribution in [3.05, 3.63) is 28.8 Å². The summed E-state index contributed by atoms with van der Waals surface area (Å²) in [6.45, 7) is 2.85. The monoisotopic (exact) mass is 464 g/mol. The standard InChI is InChI=1S/C19H29ClN4O3S.ClH/c1-28(26,27)24-12-10-23(11-13-24)19(8-3-2-4-9-19)14-22-18(25)17-15(20)6-5-7-16(17)21;/h5-7H,2-4,8-14,21H2,1H3,(H,22,25);1H. The van der Waals surface area contributed by atoms with Crippen molar-refractivity contribution in [2.45, 2.75) is 37.6 Å². The minimum atomic E-state index is -3.16. The van der Waals surface area contributed by atoms with Crippen LogP contribution >= 0.6 is 24.0 Å². The summed E-state index contributed by atoms with van der Waals surface area (Å²) < 4.78 is 25.2. The van der Waals surface area contributed by atoms with E-state index in [9.17, 15) is 13.2 Å². The van der Waals surface area contributed by atoms with Gasteiger partial charge in [-0.25, -0.2) is 8.42 Å². The molecule has 10 heteroatoms. The second kappa shape index (κ2) is 9.83. The summed E-state index contributed by atoms with van der Waals surface area (Å²) in [5.74, 6) is -0.261. The third-order valence-electron chi connectivity index (χ3n) is 6.01. The van der Waals surface area contributed by atoms with Gasteiger partial charge in [0.05, 0.1) is 16.8 Å². The highest BCUT2D eigenvalue weighted by Crippen LogP contribution is 2.34. The molecule has 1 aliphatic carbocycles. The van der Waals surface area contributed by atoms with Gasteiger partial charge in [0, 0.05) is 44.0 Å². The number of carbonyl (C=O) groups is 1. The van der Waals surface area contributed by atoms with E-state index in [0.717, 1.165) is 25.7 Å². The molecule has 0 radical (unpaired) electrons. The quantitative estimate of drug-likeness (QED) is 0.651. The van der Waals surface area contributed by atoms with Gasteiger partial charge in [0.1, 0.15) is 0 Å². The van der Waals surface area contributed by atoms with Gasteiger partial charge in [-0.3, -0.25) is 9.69 Å². The Morgan fingerprint density at radius 2 is 1.79 bits per heavy atom. The number of hydrogen-bond donors (Lipinski definition) is 2. The van der Waals surface area contributed by atoms with Gasteiger partial charge in [-0.15, -0.1) is 12.4 Å². The largest absolute Gasteiger partial charge is 0.398 e. The van der Waals surface area contributed by atoms with Crippen LogP contribution < -0.4 is 11.1 Å². The van der Waals surface area contributed by atoms with E-state index < -0.39 is 10.0 Å². The molecule has 2 fully saturated rings. The van der Waals surface area contributed by atoms with E-state index in [1.807, 2.05) is 0 Å². The van der Waals surface area contributed by atoms with E-state index in [2.05, 4.69) is 10.2 Å². The molecule has 0 unspecified atom stereocenters. The van der Waals surface area contributed by atoms with Gasteiger partial charge in [0.25, 0.3) is 5.91 Å². The van der Waals surface area contributed by atoms with Gasteiger partial charge in [0.15, 0.2) is 0 Å². The summed E-state index contributed by atoms with van der Waals surface area (Å²) in [5, 5.41) is 3.40. The number of halogens is 2. The molecule has 1 aromatic rings. The first-order valence-electron chi connectivity index (χ1n) is 9.75. The predicted molar refractivity (Wildman–Crippen MR) is 119 cm³/mol. The summed E-state index contributed by atoms with van der Waals surface area (Å²) >= 11 is 6.17. The van der Waals surface area contributed by atoms with Crippen LogP contribution in [0, 0.1) is 0 Å². The van der Waals surface area contributed by atoms with E-state index in [0.29, 0.717) is 49.0 Å². The van der Waals surface area contributed by atoms with Crippen LogP contribution in [0.2, 0.25) is 5.02 Å². The van der Waals surface area contributed by atoms with Crippen molar-refractivity contribution < 1.29 is 13.2 Å². The topological polar surface area (TPSA) is 95.7 Å². The molecule has 7 nitrogen and oxygen atoms in total. The third-order valence-corrected chi connectivity index (χ3v) is 7.63. The zero-order valence-electron chi connectivity index (χ0n) is 16.7. The average Bonchev–Trinajstić information content (AvgIpc) is 2.66. The smallest absolute Gasteiger partial charge is 0.254 e. The lowest BCUT2D eigenvalue weighted by Gasteiger charge is -2.49. The summed E-state index contributed by atoms with van der Waals surface area (Å²) in [4.78, 5) is 15.1. The van der Waals surface area contributed by atoms with Crippen LogP contribution in [0.1, 0.15) is 42.5 Å². The van der Waals surface area contributed by atoms with Crippen LogP contribution in [0.25, 0.3) is 0 Å². The maximum Gasteiger partial charge on any atom is 0.254 e. The molecule has 1 aliphatic heterocycles. The number of nitrogens with two attached hydrogens (primary N) is 1. The van der Waals surface area contributed by atoms with Gasteiger partial charge in [-0.05, 0) is 25.0 Å². The Bertz CT molecular complexity index is 800.